The summed E-state index contributed by atoms with van der Waals surface area (Å²) in [4.78, 5) is 14.6. The van der Waals surface area contributed by atoms with E-state index in [1.54, 1.807) is 0 Å². The number of pyridine rings is 1. The van der Waals surface area contributed by atoms with Crippen molar-refractivity contribution in [3.63, 3.8) is 0 Å². The average molecular weight is 162 g/mol. The van der Waals surface area contributed by atoms with Crippen molar-refractivity contribution >= 4 is 25.1 Å². The van der Waals surface area contributed by atoms with Crippen molar-refractivity contribution in [1.82, 2.24) is 4.98 Å². The molecule has 0 aromatic carbocycles. The number of hydrogen-bond donors (Lipinski definition) is 1. The molecule has 1 rings (SSSR count). The highest BCUT2D eigenvalue weighted by Gasteiger charge is 2.06. The van der Waals surface area contributed by atoms with Crippen molar-refractivity contribution < 1.29 is 9.53 Å². The van der Waals surface area contributed by atoms with Crippen LogP contribution in [0.4, 0.5) is 5.82 Å². The van der Waals surface area contributed by atoms with E-state index in [0.29, 0.717) is 5.56 Å². The highest BCUT2D eigenvalue weighted by molar-refractivity contribution is 6.35. The van der Waals surface area contributed by atoms with Gasteiger partial charge < -0.3 is 10.5 Å². The van der Waals surface area contributed by atoms with E-state index in [4.69, 9.17) is 13.6 Å². The monoisotopic (exact) mass is 162 g/mol. The van der Waals surface area contributed by atoms with Gasteiger partial charge in [-0.15, -0.1) is 0 Å². The Hall–Kier alpha value is -1.52. The van der Waals surface area contributed by atoms with Crippen molar-refractivity contribution in [2.24, 2.45) is 0 Å². The molecule has 0 bridgehead atoms. The van der Waals surface area contributed by atoms with E-state index in [1.807, 2.05) is 0 Å². The lowest BCUT2D eigenvalue weighted by Gasteiger charge is -2.01. The number of esters is 1. The van der Waals surface area contributed by atoms with Crippen LogP contribution in [0.1, 0.15) is 10.4 Å². The fourth-order valence-electron chi connectivity index (χ4n) is 0.722. The van der Waals surface area contributed by atoms with Crippen LogP contribution >= 0.6 is 0 Å². The normalized spacial score (nSPS) is 9.42. The van der Waals surface area contributed by atoms with Crippen LogP contribution in [-0.2, 0) is 4.74 Å². The van der Waals surface area contributed by atoms with E-state index in [1.165, 1.54) is 19.4 Å². The number of rotatable bonds is 1. The summed E-state index contributed by atoms with van der Waals surface area (Å²) in [6.45, 7) is 0. The van der Waals surface area contributed by atoms with Gasteiger partial charge in [-0.05, 0) is 6.07 Å². The van der Waals surface area contributed by atoms with Gasteiger partial charge in [-0.25, -0.2) is 9.78 Å². The minimum atomic E-state index is -0.478. The van der Waals surface area contributed by atoms with Gasteiger partial charge >= 0.3 is 5.97 Å². The molecule has 0 aliphatic carbocycles. The number of ether oxygens (including phenoxy) is 1. The van der Waals surface area contributed by atoms with E-state index in [2.05, 4.69) is 9.72 Å². The number of nitrogens with two attached hydrogens (primary N) is 1. The van der Waals surface area contributed by atoms with Gasteiger partial charge in [-0.2, -0.15) is 0 Å². The van der Waals surface area contributed by atoms with Gasteiger partial charge in [-0.1, -0.05) is 5.46 Å². The number of anilines is 1. The fraction of sp³-hybridized carbons (Fsp3) is 0.143. The standard InChI is InChI=1S/C7H7BN2O2/c1-12-7(11)4-2-5(8)6(9)10-3-4/h2-3H,1H3,(H2,9,10). The van der Waals surface area contributed by atoms with Gasteiger partial charge in [0.1, 0.15) is 13.7 Å². The molecule has 2 N–H and O–H groups in total. The second kappa shape index (κ2) is 3.25. The fourth-order valence-corrected chi connectivity index (χ4v) is 0.722. The molecule has 1 heterocycles. The Morgan fingerprint density at radius 2 is 2.42 bits per heavy atom. The second-order valence-electron chi connectivity index (χ2n) is 2.19. The number of carbonyl (C=O) groups is 1. The molecule has 0 saturated heterocycles. The molecule has 0 unspecified atom stereocenters. The molecule has 0 saturated carbocycles. The summed E-state index contributed by atoms with van der Waals surface area (Å²) in [5.74, 6) is -0.267. The maximum Gasteiger partial charge on any atom is 0.339 e. The van der Waals surface area contributed by atoms with E-state index in [-0.39, 0.29) is 11.3 Å². The highest BCUT2D eigenvalue weighted by Crippen LogP contribution is 1.99. The van der Waals surface area contributed by atoms with E-state index in [0.717, 1.165) is 0 Å². The zero-order valence-electron chi connectivity index (χ0n) is 6.57. The number of aromatic nitrogens is 1. The third-order valence-electron chi connectivity index (χ3n) is 1.37. The Balaban J connectivity index is 3.05. The molecule has 0 aliphatic rings. The lowest BCUT2D eigenvalue weighted by atomic mass is 9.96. The Morgan fingerprint density at radius 1 is 1.75 bits per heavy atom. The van der Waals surface area contributed by atoms with Crippen LogP contribution in [0.2, 0.25) is 0 Å². The molecular weight excluding hydrogens is 155 g/mol. The molecule has 0 amide bonds. The third-order valence-corrected chi connectivity index (χ3v) is 1.37. The number of nitrogen functional groups attached to an aromatic ring is 1. The molecule has 5 heteroatoms. The average Bonchev–Trinajstić information content (AvgIpc) is 2.08. The predicted octanol–water partition coefficient (Wildman–Crippen LogP) is -0.756. The molecule has 0 atom stereocenters. The van der Waals surface area contributed by atoms with Crippen molar-refractivity contribution in [3.8, 4) is 0 Å². The smallest absolute Gasteiger partial charge is 0.339 e. The number of nitrogens with zero attached hydrogens (tertiary/aromatic N) is 1. The first-order chi connectivity index (χ1) is 5.65. The lowest BCUT2D eigenvalue weighted by molar-refractivity contribution is 0.0600. The molecule has 1 aromatic heterocycles. The molecule has 0 aliphatic heterocycles. The summed E-state index contributed by atoms with van der Waals surface area (Å²) < 4.78 is 4.46. The Morgan fingerprint density at radius 3 is 2.92 bits per heavy atom. The molecular formula is C7H7BN2O2. The van der Waals surface area contributed by atoms with Crippen molar-refractivity contribution in [2.75, 3.05) is 12.8 Å². The van der Waals surface area contributed by atoms with Crippen molar-refractivity contribution in [3.05, 3.63) is 17.8 Å². The van der Waals surface area contributed by atoms with Crippen LogP contribution in [-0.4, -0.2) is 25.9 Å². The first kappa shape index (κ1) is 8.58. The topological polar surface area (TPSA) is 65.2 Å². The molecule has 0 spiro atoms. The SMILES string of the molecule is [B]c1cc(C(=O)OC)cnc1N. The molecule has 2 radical (unpaired) electrons. The molecule has 12 heavy (non-hydrogen) atoms. The summed E-state index contributed by atoms with van der Waals surface area (Å²) in [7, 11) is 6.70. The molecule has 60 valence electrons. The van der Waals surface area contributed by atoms with Gasteiger partial charge in [0.2, 0.25) is 0 Å². The summed E-state index contributed by atoms with van der Waals surface area (Å²) in [5, 5.41) is 0. The van der Waals surface area contributed by atoms with E-state index < -0.39 is 5.97 Å². The van der Waals surface area contributed by atoms with Gasteiger partial charge in [-0.3, -0.25) is 0 Å². The molecule has 0 fully saturated rings. The maximum atomic E-state index is 10.9. The first-order valence-electron chi connectivity index (χ1n) is 3.24. The molecule has 4 nitrogen and oxygen atoms in total. The van der Waals surface area contributed by atoms with Gasteiger partial charge in [0, 0.05) is 6.20 Å². The Kier molecular flexibility index (Phi) is 2.33. The zero-order valence-corrected chi connectivity index (χ0v) is 6.57. The first-order valence-corrected chi connectivity index (χ1v) is 3.24. The minimum Gasteiger partial charge on any atom is -0.465 e. The predicted molar refractivity (Wildman–Crippen MR) is 45.4 cm³/mol. The van der Waals surface area contributed by atoms with Crippen LogP contribution in [0.3, 0.4) is 0 Å². The summed E-state index contributed by atoms with van der Waals surface area (Å²) in [5.41, 5.74) is 5.91. The van der Waals surface area contributed by atoms with Gasteiger partial charge in [0.05, 0.1) is 12.7 Å². The second-order valence-corrected chi connectivity index (χ2v) is 2.19. The minimum absolute atomic E-state index is 0.211. The van der Waals surface area contributed by atoms with Crippen molar-refractivity contribution in [2.45, 2.75) is 0 Å². The van der Waals surface area contributed by atoms with Crippen LogP contribution < -0.4 is 11.2 Å². The maximum absolute atomic E-state index is 10.9. The van der Waals surface area contributed by atoms with Crippen molar-refractivity contribution in [1.29, 1.82) is 0 Å². The third kappa shape index (κ3) is 1.55. The van der Waals surface area contributed by atoms with Gasteiger partial charge in [0.15, 0.2) is 0 Å². The van der Waals surface area contributed by atoms with Crippen LogP contribution in [0.5, 0.6) is 0 Å². The summed E-state index contributed by atoms with van der Waals surface area (Å²) >= 11 is 0. The van der Waals surface area contributed by atoms with Gasteiger partial charge in [0.25, 0.3) is 0 Å². The molecule has 1 aromatic rings. The Labute approximate surface area is 71.1 Å². The van der Waals surface area contributed by atoms with E-state index in [9.17, 15) is 4.79 Å². The number of carbonyl (C=O) groups excluding carboxylic acids is 1. The lowest BCUT2D eigenvalue weighted by Crippen LogP contribution is -2.15. The number of hydrogen-bond acceptors (Lipinski definition) is 4. The van der Waals surface area contributed by atoms with E-state index >= 15 is 0 Å². The van der Waals surface area contributed by atoms with Crippen LogP contribution in [0, 0.1) is 0 Å². The highest BCUT2D eigenvalue weighted by atomic mass is 16.5. The van der Waals surface area contributed by atoms with Crippen LogP contribution in [0.25, 0.3) is 0 Å². The number of methoxy groups -OCH3 is 1. The largest absolute Gasteiger partial charge is 0.465 e. The quantitative estimate of drug-likeness (QED) is 0.435. The van der Waals surface area contributed by atoms with Crippen LogP contribution in [0.15, 0.2) is 12.3 Å². The zero-order chi connectivity index (χ0) is 9.14. The summed E-state index contributed by atoms with van der Waals surface area (Å²) in [6, 6.07) is 1.42. The Bertz CT molecular complexity index is 314. The summed E-state index contributed by atoms with van der Waals surface area (Å²) in [6.07, 6.45) is 1.32.